The molecule has 174 valence electrons. The van der Waals surface area contributed by atoms with Gasteiger partial charge in [0.05, 0.1) is 23.2 Å². The van der Waals surface area contributed by atoms with Gasteiger partial charge in [-0.3, -0.25) is 14.9 Å². The van der Waals surface area contributed by atoms with Crippen molar-refractivity contribution in [1.82, 2.24) is 5.43 Å². The Morgan fingerprint density at radius 2 is 1.63 bits per heavy atom. The zero-order chi connectivity index (χ0) is 24.6. The van der Waals surface area contributed by atoms with Crippen LogP contribution in [0.1, 0.15) is 15.9 Å². The van der Waals surface area contributed by atoms with E-state index in [0.29, 0.717) is 11.3 Å². The summed E-state index contributed by atoms with van der Waals surface area (Å²) in [4.78, 5) is 34.5. The highest BCUT2D eigenvalue weighted by molar-refractivity contribution is 5.95. The monoisotopic (exact) mass is 468 g/mol. The number of nitro groups is 1. The van der Waals surface area contributed by atoms with Gasteiger partial charge in [0.25, 0.3) is 11.6 Å². The number of nitro benzene ring substituents is 1. The fourth-order valence-corrected chi connectivity index (χ4v) is 3.28. The fourth-order valence-electron chi connectivity index (χ4n) is 3.28. The van der Waals surface area contributed by atoms with Gasteiger partial charge in [0.1, 0.15) is 5.75 Å². The van der Waals surface area contributed by atoms with Crippen LogP contribution in [0.4, 0.5) is 11.4 Å². The molecule has 0 fully saturated rings. The Balaban J connectivity index is 1.27. The number of nitrogens with one attached hydrogen (secondary N) is 2. The summed E-state index contributed by atoms with van der Waals surface area (Å²) in [5.74, 6) is -0.635. The highest BCUT2D eigenvalue weighted by atomic mass is 16.6. The van der Waals surface area contributed by atoms with E-state index in [1.54, 1.807) is 24.3 Å². The standard InChI is InChI=1S/C26H20N4O5/c31-25(17-27-24-7-3-5-19-4-1-2-6-23(19)24)29-28-16-18-8-14-22(15-9-18)35-26(32)20-10-12-21(13-11-20)30(33)34/h1-16,27H,17H2,(H,29,31). The molecule has 4 rings (SSSR count). The molecule has 35 heavy (non-hydrogen) atoms. The second kappa shape index (κ2) is 10.7. The molecule has 0 saturated heterocycles. The smallest absolute Gasteiger partial charge is 0.343 e. The summed E-state index contributed by atoms with van der Waals surface area (Å²) in [5, 5.41) is 19.9. The third kappa shape index (κ3) is 6.05. The SMILES string of the molecule is O=C(CNc1cccc2ccccc12)NN=Cc1ccc(OC(=O)c2ccc([N+](=O)[O-])cc2)cc1. The maximum atomic E-state index is 12.2. The number of hydrogen-bond donors (Lipinski definition) is 2. The number of hydrazone groups is 1. The molecule has 0 radical (unpaired) electrons. The van der Waals surface area contributed by atoms with Gasteiger partial charge in [-0.1, -0.05) is 36.4 Å². The molecule has 0 unspecified atom stereocenters. The molecule has 0 heterocycles. The quantitative estimate of drug-likeness (QED) is 0.129. The Morgan fingerprint density at radius 1 is 0.914 bits per heavy atom. The molecule has 0 aromatic heterocycles. The van der Waals surface area contributed by atoms with Gasteiger partial charge >= 0.3 is 5.97 Å². The summed E-state index contributed by atoms with van der Waals surface area (Å²) < 4.78 is 5.27. The first-order valence-corrected chi connectivity index (χ1v) is 10.6. The number of hydrogen-bond acceptors (Lipinski definition) is 7. The lowest BCUT2D eigenvalue weighted by Crippen LogP contribution is -2.25. The van der Waals surface area contributed by atoms with Crippen molar-refractivity contribution in [2.45, 2.75) is 0 Å². The summed E-state index contributed by atoms with van der Waals surface area (Å²) in [5.41, 5.74) is 4.10. The zero-order valence-corrected chi connectivity index (χ0v) is 18.4. The van der Waals surface area contributed by atoms with Gasteiger partial charge in [-0.25, -0.2) is 10.2 Å². The molecular weight excluding hydrogens is 448 g/mol. The summed E-state index contributed by atoms with van der Waals surface area (Å²) in [6.07, 6.45) is 1.47. The normalized spacial score (nSPS) is 10.7. The Morgan fingerprint density at radius 3 is 2.37 bits per heavy atom. The van der Waals surface area contributed by atoms with Crippen molar-refractivity contribution in [2.75, 3.05) is 11.9 Å². The molecule has 4 aromatic rings. The van der Waals surface area contributed by atoms with Crippen LogP contribution in [0.15, 0.2) is 96.1 Å². The topological polar surface area (TPSA) is 123 Å². The maximum Gasteiger partial charge on any atom is 0.343 e. The van der Waals surface area contributed by atoms with Crippen LogP contribution < -0.4 is 15.5 Å². The van der Waals surface area contributed by atoms with Gasteiger partial charge in [-0.2, -0.15) is 5.10 Å². The second-order valence-corrected chi connectivity index (χ2v) is 7.44. The molecular formula is C26H20N4O5. The fraction of sp³-hybridized carbons (Fsp3) is 0.0385. The van der Waals surface area contributed by atoms with Crippen molar-refractivity contribution in [3.63, 3.8) is 0 Å². The predicted molar refractivity (Wildman–Crippen MR) is 133 cm³/mol. The van der Waals surface area contributed by atoms with Gasteiger partial charge in [-0.15, -0.1) is 0 Å². The van der Waals surface area contributed by atoms with E-state index < -0.39 is 10.9 Å². The number of carbonyl (C=O) groups is 2. The largest absolute Gasteiger partial charge is 0.423 e. The minimum atomic E-state index is -0.632. The van der Waals surface area contributed by atoms with Crippen molar-refractivity contribution >= 4 is 40.2 Å². The second-order valence-electron chi connectivity index (χ2n) is 7.44. The number of nitrogens with zero attached hydrogens (tertiary/aromatic N) is 2. The Labute approximate surface area is 200 Å². The lowest BCUT2D eigenvalue weighted by atomic mass is 10.1. The van der Waals surface area contributed by atoms with E-state index in [4.69, 9.17) is 4.74 Å². The van der Waals surface area contributed by atoms with Gasteiger partial charge in [-0.05, 0) is 53.4 Å². The number of ether oxygens (including phenoxy) is 1. The number of esters is 1. The first kappa shape index (κ1) is 23.1. The van der Waals surface area contributed by atoms with Crippen molar-refractivity contribution in [2.24, 2.45) is 5.10 Å². The molecule has 0 atom stereocenters. The molecule has 4 aromatic carbocycles. The predicted octanol–water partition coefficient (Wildman–Crippen LogP) is 4.53. The number of amides is 1. The van der Waals surface area contributed by atoms with Gasteiger partial charge in [0, 0.05) is 23.2 Å². The highest BCUT2D eigenvalue weighted by Gasteiger charge is 2.11. The van der Waals surface area contributed by atoms with E-state index in [1.807, 2.05) is 42.5 Å². The number of carbonyl (C=O) groups excluding carboxylic acids is 2. The van der Waals surface area contributed by atoms with Crippen molar-refractivity contribution in [3.8, 4) is 5.75 Å². The number of non-ortho nitro benzene ring substituents is 1. The average molecular weight is 468 g/mol. The van der Waals surface area contributed by atoms with Crippen LogP contribution in [0.2, 0.25) is 0 Å². The molecule has 1 amide bonds. The summed E-state index contributed by atoms with van der Waals surface area (Å²) in [6, 6.07) is 25.4. The van der Waals surface area contributed by atoms with Crippen LogP contribution in [0.25, 0.3) is 10.8 Å². The number of rotatable bonds is 8. The maximum absolute atomic E-state index is 12.2. The Kier molecular flexibility index (Phi) is 7.08. The summed E-state index contributed by atoms with van der Waals surface area (Å²) in [7, 11) is 0. The molecule has 0 aliphatic heterocycles. The third-order valence-electron chi connectivity index (χ3n) is 5.04. The highest BCUT2D eigenvalue weighted by Crippen LogP contribution is 2.22. The Hall–Kier alpha value is -5.05. The van der Waals surface area contributed by atoms with Gasteiger partial charge in [0.2, 0.25) is 0 Å². The first-order valence-electron chi connectivity index (χ1n) is 10.6. The van der Waals surface area contributed by atoms with Gasteiger partial charge in [0.15, 0.2) is 0 Å². The van der Waals surface area contributed by atoms with Crippen LogP contribution in [-0.2, 0) is 4.79 Å². The summed E-state index contributed by atoms with van der Waals surface area (Å²) in [6.45, 7) is 0.0584. The van der Waals surface area contributed by atoms with E-state index >= 15 is 0 Å². The molecule has 9 nitrogen and oxygen atoms in total. The van der Waals surface area contributed by atoms with Crippen LogP contribution in [-0.4, -0.2) is 29.6 Å². The molecule has 0 aliphatic carbocycles. The first-order chi connectivity index (χ1) is 17.0. The van der Waals surface area contributed by atoms with E-state index in [-0.39, 0.29) is 23.7 Å². The number of benzene rings is 4. The molecule has 0 saturated carbocycles. The van der Waals surface area contributed by atoms with Crippen LogP contribution in [0.3, 0.4) is 0 Å². The van der Waals surface area contributed by atoms with E-state index in [1.165, 1.54) is 30.5 Å². The minimum absolute atomic E-state index is 0.0584. The summed E-state index contributed by atoms with van der Waals surface area (Å²) >= 11 is 0. The van der Waals surface area contributed by atoms with Crippen LogP contribution >= 0.6 is 0 Å². The lowest BCUT2D eigenvalue weighted by molar-refractivity contribution is -0.384. The van der Waals surface area contributed by atoms with E-state index in [0.717, 1.165) is 16.5 Å². The molecule has 0 bridgehead atoms. The van der Waals surface area contributed by atoms with Crippen molar-refractivity contribution < 1.29 is 19.2 Å². The molecule has 9 heteroatoms. The van der Waals surface area contributed by atoms with E-state index in [9.17, 15) is 19.7 Å². The van der Waals surface area contributed by atoms with Crippen LogP contribution in [0.5, 0.6) is 5.75 Å². The van der Waals surface area contributed by atoms with Crippen molar-refractivity contribution in [1.29, 1.82) is 0 Å². The van der Waals surface area contributed by atoms with Gasteiger partial charge < -0.3 is 10.1 Å². The Bertz CT molecular complexity index is 1390. The minimum Gasteiger partial charge on any atom is -0.423 e. The van der Waals surface area contributed by atoms with E-state index in [2.05, 4.69) is 15.8 Å². The molecule has 2 N–H and O–H groups in total. The number of fused-ring (bicyclic) bond motifs is 1. The molecule has 0 aliphatic rings. The lowest BCUT2D eigenvalue weighted by Gasteiger charge is -2.08. The average Bonchev–Trinajstić information content (AvgIpc) is 2.88. The zero-order valence-electron chi connectivity index (χ0n) is 18.4. The van der Waals surface area contributed by atoms with Crippen molar-refractivity contribution in [3.05, 3.63) is 112 Å². The number of anilines is 1. The molecule has 0 spiro atoms. The van der Waals surface area contributed by atoms with Crippen LogP contribution in [0, 0.1) is 10.1 Å². The third-order valence-corrected chi connectivity index (χ3v) is 5.04.